The average molecular weight is 332 g/mol. The molecule has 1 aliphatic heterocycles. The van der Waals surface area contributed by atoms with Crippen molar-refractivity contribution in [1.29, 1.82) is 0 Å². The molecule has 2 aromatic heterocycles. The van der Waals surface area contributed by atoms with E-state index in [0.29, 0.717) is 23.7 Å². The third-order valence-electron chi connectivity index (χ3n) is 4.70. The third kappa shape index (κ3) is 2.20. The van der Waals surface area contributed by atoms with Crippen LogP contribution in [0, 0.1) is 0 Å². The fraction of sp³-hybridized carbons (Fsp3) is 0.625. The zero-order chi connectivity index (χ0) is 17.6. The van der Waals surface area contributed by atoms with E-state index in [1.54, 1.807) is 14.0 Å². The van der Waals surface area contributed by atoms with Crippen molar-refractivity contribution in [3.8, 4) is 0 Å². The van der Waals surface area contributed by atoms with Crippen LogP contribution < -0.4 is 16.3 Å². The number of hydrogen-bond donors (Lipinski definition) is 0. The normalized spacial score (nSPS) is 17.3. The molecule has 3 rings (SSSR count). The lowest BCUT2D eigenvalue weighted by Crippen LogP contribution is -2.40. The molecule has 0 radical (unpaired) electrons. The topological polar surface area (TPSA) is 77.4 Å². The molecule has 0 saturated carbocycles. The Morgan fingerprint density at radius 1 is 1.21 bits per heavy atom. The maximum absolute atomic E-state index is 12.9. The van der Waals surface area contributed by atoms with Gasteiger partial charge in [-0.05, 0) is 27.2 Å². The Labute approximate surface area is 140 Å². The predicted molar refractivity (Wildman–Crippen MR) is 95.0 cm³/mol. The molecule has 8 heteroatoms. The van der Waals surface area contributed by atoms with Crippen LogP contribution in [-0.4, -0.2) is 30.9 Å². The van der Waals surface area contributed by atoms with Gasteiger partial charge in [0.1, 0.15) is 0 Å². The first kappa shape index (κ1) is 16.5. The molecule has 3 heterocycles. The van der Waals surface area contributed by atoms with Crippen LogP contribution in [0.4, 0.5) is 5.95 Å². The zero-order valence-electron chi connectivity index (χ0n) is 14.9. The van der Waals surface area contributed by atoms with E-state index in [1.807, 2.05) is 23.4 Å². The highest BCUT2D eigenvalue weighted by atomic mass is 16.2. The highest BCUT2D eigenvalue weighted by molar-refractivity contribution is 5.90. The van der Waals surface area contributed by atoms with Crippen LogP contribution in [0.2, 0.25) is 0 Å². The second-order valence-corrected chi connectivity index (χ2v) is 6.24. The molecule has 0 bridgehead atoms. The Balaban J connectivity index is 2.36. The van der Waals surface area contributed by atoms with Crippen LogP contribution in [-0.2, 0) is 13.6 Å². The van der Waals surface area contributed by atoms with E-state index in [2.05, 4.69) is 17.0 Å². The number of aromatic nitrogens is 4. The smallest absolute Gasteiger partial charge is 0.294 e. The van der Waals surface area contributed by atoms with E-state index < -0.39 is 0 Å². The van der Waals surface area contributed by atoms with Gasteiger partial charge >= 0.3 is 5.69 Å². The van der Waals surface area contributed by atoms with Crippen LogP contribution >= 0.6 is 0 Å². The van der Waals surface area contributed by atoms with Gasteiger partial charge in [0, 0.05) is 20.1 Å². The molecule has 2 aromatic rings. The number of aryl methyl sites for hydroxylation is 1. The van der Waals surface area contributed by atoms with Crippen molar-refractivity contribution in [2.75, 3.05) is 11.6 Å². The summed E-state index contributed by atoms with van der Waals surface area (Å²) in [5, 5.41) is 6.48. The van der Waals surface area contributed by atoms with E-state index in [1.165, 1.54) is 9.13 Å². The molecule has 1 unspecified atom stereocenters. The average Bonchev–Trinajstić information content (AvgIpc) is 2.96. The second kappa shape index (κ2) is 5.92. The van der Waals surface area contributed by atoms with Gasteiger partial charge in [-0.1, -0.05) is 13.3 Å². The van der Waals surface area contributed by atoms with Gasteiger partial charge in [0.25, 0.3) is 5.56 Å². The summed E-state index contributed by atoms with van der Waals surface area (Å²) in [5.41, 5.74) is 1.19. The summed E-state index contributed by atoms with van der Waals surface area (Å²) in [5.74, 6) is 0.637. The molecule has 24 heavy (non-hydrogen) atoms. The van der Waals surface area contributed by atoms with Crippen LogP contribution in [0.1, 0.15) is 46.6 Å². The van der Waals surface area contributed by atoms with Crippen LogP contribution in [0.15, 0.2) is 14.7 Å². The summed E-state index contributed by atoms with van der Waals surface area (Å²) >= 11 is 0. The summed E-state index contributed by atoms with van der Waals surface area (Å²) in [6.45, 7) is 8.95. The minimum atomic E-state index is -0.337. The quantitative estimate of drug-likeness (QED) is 0.849. The van der Waals surface area contributed by atoms with Gasteiger partial charge in [-0.3, -0.25) is 18.5 Å². The van der Waals surface area contributed by atoms with Gasteiger partial charge in [-0.25, -0.2) is 9.80 Å². The molecule has 130 valence electrons. The van der Waals surface area contributed by atoms with E-state index in [-0.39, 0.29) is 17.3 Å². The molecule has 1 atom stereocenters. The third-order valence-corrected chi connectivity index (χ3v) is 4.70. The van der Waals surface area contributed by atoms with Crippen molar-refractivity contribution in [2.24, 2.45) is 12.1 Å². The number of anilines is 1. The van der Waals surface area contributed by atoms with Crippen molar-refractivity contribution in [2.45, 2.75) is 53.1 Å². The van der Waals surface area contributed by atoms with Crippen LogP contribution in [0.3, 0.4) is 0 Å². The number of hydrogen-bond acceptors (Lipinski definition) is 5. The minimum absolute atomic E-state index is 0.0709. The van der Waals surface area contributed by atoms with E-state index in [9.17, 15) is 9.59 Å². The number of nitrogens with zero attached hydrogens (tertiary/aromatic N) is 6. The Hall–Kier alpha value is -2.38. The first-order valence-electron chi connectivity index (χ1n) is 8.46. The van der Waals surface area contributed by atoms with E-state index in [0.717, 1.165) is 25.1 Å². The van der Waals surface area contributed by atoms with Crippen molar-refractivity contribution < 1.29 is 0 Å². The minimum Gasteiger partial charge on any atom is -0.294 e. The van der Waals surface area contributed by atoms with Gasteiger partial charge < -0.3 is 0 Å². The van der Waals surface area contributed by atoms with Crippen LogP contribution in [0.25, 0.3) is 11.2 Å². The number of unbranched alkanes of at least 4 members (excludes halogenated alkanes) is 1. The summed E-state index contributed by atoms with van der Waals surface area (Å²) in [4.78, 5) is 29.9. The lowest BCUT2D eigenvalue weighted by molar-refractivity contribution is 0.612. The molecule has 0 N–H and O–H groups in total. The summed E-state index contributed by atoms with van der Waals surface area (Å²) < 4.78 is 4.62. The Morgan fingerprint density at radius 3 is 2.54 bits per heavy atom. The first-order valence-corrected chi connectivity index (χ1v) is 8.46. The van der Waals surface area contributed by atoms with Gasteiger partial charge in [0.05, 0.1) is 11.8 Å². The Kier molecular flexibility index (Phi) is 4.06. The molecule has 0 spiro atoms. The summed E-state index contributed by atoms with van der Waals surface area (Å²) in [6.07, 6.45) is 2.02. The summed E-state index contributed by atoms with van der Waals surface area (Å²) in [6, 6.07) is -0.0709. The van der Waals surface area contributed by atoms with Crippen LogP contribution in [0.5, 0.6) is 0 Å². The number of imidazole rings is 1. The SMILES string of the molecule is CCCCN1N=C(C)C(C)n2c1nc1c2c(=O)n(CC)c(=O)n1C. The fourth-order valence-electron chi connectivity index (χ4n) is 3.12. The van der Waals surface area contributed by atoms with Gasteiger partial charge in [-0.15, -0.1) is 0 Å². The standard InChI is InChI=1S/C16H24N6O2/c1-6-8-9-21-15-17-13-12(22(15)11(4)10(3)18-21)14(23)20(7-2)16(24)19(13)5/h11H,6-9H2,1-5H3. The van der Waals surface area contributed by atoms with E-state index in [4.69, 9.17) is 0 Å². The predicted octanol–water partition coefficient (Wildman–Crippen LogP) is 1.47. The maximum Gasteiger partial charge on any atom is 0.332 e. The molecule has 0 saturated heterocycles. The fourth-order valence-corrected chi connectivity index (χ4v) is 3.12. The molecule has 0 amide bonds. The Bertz CT molecular complexity index is 933. The molecule has 1 aliphatic rings. The monoisotopic (exact) mass is 332 g/mol. The molecular weight excluding hydrogens is 308 g/mol. The van der Waals surface area contributed by atoms with Crippen molar-refractivity contribution >= 4 is 22.8 Å². The lowest BCUT2D eigenvalue weighted by atomic mass is 10.2. The lowest BCUT2D eigenvalue weighted by Gasteiger charge is -2.29. The molecule has 0 aromatic carbocycles. The Morgan fingerprint density at radius 2 is 1.92 bits per heavy atom. The highest BCUT2D eigenvalue weighted by Gasteiger charge is 2.30. The first-order chi connectivity index (χ1) is 11.4. The maximum atomic E-state index is 12.9. The number of rotatable bonds is 4. The summed E-state index contributed by atoms with van der Waals surface area (Å²) in [7, 11) is 1.66. The highest BCUT2D eigenvalue weighted by Crippen LogP contribution is 2.29. The number of hydrazone groups is 1. The van der Waals surface area contributed by atoms with Gasteiger partial charge in [0.2, 0.25) is 5.95 Å². The van der Waals surface area contributed by atoms with Gasteiger partial charge in [0.15, 0.2) is 11.2 Å². The number of fused-ring (bicyclic) bond motifs is 3. The van der Waals surface area contributed by atoms with Crippen molar-refractivity contribution in [3.05, 3.63) is 20.8 Å². The second-order valence-electron chi connectivity index (χ2n) is 6.24. The molecule has 8 nitrogen and oxygen atoms in total. The molecule has 0 aliphatic carbocycles. The largest absolute Gasteiger partial charge is 0.332 e. The molecule has 0 fully saturated rings. The zero-order valence-corrected chi connectivity index (χ0v) is 14.9. The van der Waals surface area contributed by atoms with Crippen molar-refractivity contribution in [1.82, 2.24) is 18.7 Å². The van der Waals surface area contributed by atoms with E-state index >= 15 is 0 Å². The van der Waals surface area contributed by atoms with Gasteiger partial charge in [-0.2, -0.15) is 10.1 Å². The van der Waals surface area contributed by atoms with Crippen molar-refractivity contribution in [3.63, 3.8) is 0 Å². The molecular formula is C16H24N6O2.